The zero-order valence-corrected chi connectivity index (χ0v) is 10.3. The summed E-state index contributed by atoms with van der Waals surface area (Å²) in [5.41, 5.74) is 4.97. The van der Waals surface area contributed by atoms with E-state index in [0.29, 0.717) is 12.1 Å². The number of nitrogens with zero attached hydrogens (tertiary/aromatic N) is 2. The van der Waals surface area contributed by atoms with Crippen molar-refractivity contribution < 1.29 is 13.2 Å². The minimum atomic E-state index is -1.07. The minimum Gasteiger partial charge on any atom is -0.383 e. The number of nitrogen functional groups attached to an aromatic ring is 1. The monoisotopic (exact) mass is 318 g/mol. The molecule has 0 atom stereocenters. The Bertz CT molecular complexity index is 583. The molecule has 0 aliphatic heterocycles. The second-order valence-electron chi connectivity index (χ2n) is 3.29. The fourth-order valence-corrected chi connectivity index (χ4v) is 1.55. The molecule has 0 aliphatic rings. The maximum absolute atomic E-state index is 13.4. The highest BCUT2D eigenvalue weighted by Crippen LogP contribution is 2.29. The van der Waals surface area contributed by atoms with E-state index in [4.69, 9.17) is 5.73 Å². The molecule has 0 saturated heterocycles. The van der Waals surface area contributed by atoms with Crippen LogP contribution in [0.2, 0.25) is 0 Å². The van der Waals surface area contributed by atoms with Gasteiger partial charge in [0.1, 0.15) is 33.9 Å². The van der Waals surface area contributed by atoms with Gasteiger partial charge in [0, 0.05) is 12.1 Å². The Morgan fingerprint density at radius 2 is 1.72 bits per heavy atom. The van der Waals surface area contributed by atoms with Crippen molar-refractivity contribution in [1.82, 2.24) is 9.97 Å². The Morgan fingerprint density at radius 1 is 1.11 bits per heavy atom. The van der Waals surface area contributed by atoms with Gasteiger partial charge in [-0.15, -0.1) is 0 Å². The minimum absolute atomic E-state index is 0.0758. The molecule has 0 aliphatic carbocycles. The van der Waals surface area contributed by atoms with Gasteiger partial charge >= 0.3 is 0 Å². The van der Waals surface area contributed by atoms with E-state index < -0.39 is 23.1 Å². The van der Waals surface area contributed by atoms with Gasteiger partial charge in [0.05, 0.1) is 0 Å². The third kappa shape index (κ3) is 2.37. The van der Waals surface area contributed by atoms with Crippen LogP contribution in [0.25, 0.3) is 0 Å². The predicted molar refractivity (Wildman–Crippen MR) is 63.7 cm³/mol. The summed E-state index contributed by atoms with van der Waals surface area (Å²) in [6.45, 7) is 0. The first-order valence-corrected chi connectivity index (χ1v) is 5.46. The van der Waals surface area contributed by atoms with Crippen molar-refractivity contribution in [1.29, 1.82) is 0 Å². The Balaban J connectivity index is 2.43. The summed E-state index contributed by atoms with van der Waals surface area (Å²) < 4.78 is 39.8. The average Bonchev–Trinajstić information content (AvgIpc) is 2.28. The zero-order chi connectivity index (χ0) is 13.3. The lowest BCUT2D eigenvalue weighted by molar-refractivity contribution is 0.548. The van der Waals surface area contributed by atoms with E-state index in [9.17, 15) is 13.2 Å². The number of benzene rings is 1. The molecule has 2 rings (SSSR count). The van der Waals surface area contributed by atoms with Crippen LogP contribution in [0.3, 0.4) is 0 Å². The molecule has 1 aromatic carbocycles. The molecule has 94 valence electrons. The number of anilines is 3. The molecule has 0 unspecified atom stereocenters. The third-order valence-electron chi connectivity index (χ3n) is 2.07. The van der Waals surface area contributed by atoms with Crippen LogP contribution in [0.5, 0.6) is 0 Å². The fourth-order valence-electron chi connectivity index (χ4n) is 1.25. The van der Waals surface area contributed by atoms with Gasteiger partial charge in [-0.2, -0.15) is 0 Å². The molecule has 4 nitrogen and oxygen atoms in total. The molecule has 1 aromatic heterocycles. The predicted octanol–water partition coefficient (Wildman–Crippen LogP) is 2.98. The van der Waals surface area contributed by atoms with Crippen molar-refractivity contribution in [3.63, 3.8) is 0 Å². The van der Waals surface area contributed by atoms with Gasteiger partial charge in [-0.25, -0.2) is 23.1 Å². The van der Waals surface area contributed by atoms with E-state index in [1.807, 2.05) is 0 Å². The van der Waals surface area contributed by atoms with Gasteiger partial charge < -0.3 is 11.1 Å². The van der Waals surface area contributed by atoms with Crippen LogP contribution >= 0.6 is 15.9 Å². The molecular formula is C10H6BrF3N4. The van der Waals surface area contributed by atoms with Crippen molar-refractivity contribution >= 4 is 33.3 Å². The molecule has 0 saturated carbocycles. The molecule has 3 N–H and O–H groups in total. The van der Waals surface area contributed by atoms with Crippen LogP contribution in [0.4, 0.5) is 30.5 Å². The lowest BCUT2D eigenvalue weighted by Crippen LogP contribution is -2.03. The van der Waals surface area contributed by atoms with E-state index >= 15 is 0 Å². The molecule has 18 heavy (non-hydrogen) atoms. The molecule has 2 aromatic rings. The number of rotatable bonds is 2. The first kappa shape index (κ1) is 12.6. The maximum atomic E-state index is 13.4. The quantitative estimate of drug-likeness (QED) is 0.893. The summed E-state index contributed by atoms with van der Waals surface area (Å²) in [6, 6.07) is 1.12. The average molecular weight is 319 g/mol. The van der Waals surface area contributed by atoms with Gasteiger partial charge in [-0.1, -0.05) is 0 Å². The first-order valence-electron chi connectivity index (χ1n) is 4.66. The second-order valence-corrected chi connectivity index (χ2v) is 4.08. The molecule has 0 radical (unpaired) electrons. The molecule has 8 heteroatoms. The summed E-state index contributed by atoms with van der Waals surface area (Å²) in [5.74, 6) is -2.97. The summed E-state index contributed by atoms with van der Waals surface area (Å²) in [5, 5.41) is 2.38. The number of hydrogen-bond acceptors (Lipinski definition) is 4. The second kappa shape index (κ2) is 4.81. The van der Waals surface area contributed by atoms with Crippen LogP contribution in [-0.2, 0) is 0 Å². The normalized spacial score (nSPS) is 10.4. The van der Waals surface area contributed by atoms with Crippen LogP contribution in [-0.4, -0.2) is 9.97 Å². The maximum Gasteiger partial charge on any atom is 0.152 e. The van der Waals surface area contributed by atoms with E-state index in [1.54, 1.807) is 0 Å². The highest BCUT2D eigenvalue weighted by atomic mass is 79.9. The Morgan fingerprint density at radius 3 is 2.33 bits per heavy atom. The standard InChI is InChI=1S/C10H6BrF3N4/c11-7-9(15)16-3-17-10(7)18-8-5(13)1-4(12)2-6(8)14/h1-3H,(H3,15,16,17,18). The van der Waals surface area contributed by atoms with E-state index in [0.717, 1.165) is 6.33 Å². The molecule has 0 fully saturated rings. The van der Waals surface area contributed by atoms with Crippen molar-refractivity contribution in [2.45, 2.75) is 0 Å². The summed E-state index contributed by atoms with van der Waals surface area (Å²) in [6.07, 6.45) is 1.13. The van der Waals surface area contributed by atoms with E-state index in [2.05, 4.69) is 31.2 Å². The van der Waals surface area contributed by atoms with Crippen LogP contribution in [0.1, 0.15) is 0 Å². The lowest BCUT2D eigenvalue weighted by atomic mass is 10.2. The Hall–Kier alpha value is -1.83. The summed E-state index contributed by atoms with van der Waals surface area (Å²) in [4.78, 5) is 7.44. The van der Waals surface area contributed by atoms with Gasteiger partial charge in [-0.05, 0) is 15.9 Å². The number of hydrogen-bond donors (Lipinski definition) is 2. The number of nitrogens with two attached hydrogens (primary N) is 1. The summed E-state index contributed by atoms with van der Waals surface area (Å²) >= 11 is 3.07. The highest BCUT2D eigenvalue weighted by Gasteiger charge is 2.14. The Labute approximate surface area is 108 Å². The molecular weight excluding hydrogens is 313 g/mol. The van der Waals surface area contributed by atoms with Crippen LogP contribution in [0, 0.1) is 17.5 Å². The zero-order valence-electron chi connectivity index (χ0n) is 8.72. The largest absolute Gasteiger partial charge is 0.383 e. The van der Waals surface area contributed by atoms with Gasteiger partial charge in [0.15, 0.2) is 11.6 Å². The molecule has 0 amide bonds. The van der Waals surface area contributed by atoms with Crippen molar-refractivity contribution in [3.05, 3.63) is 40.4 Å². The number of halogens is 4. The van der Waals surface area contributed by atoms with Gasteiger partial charge in [0.2, 0.25) is 0 Å². The topological polar surface area (TPSA) is 63.8 Å². The molecule has 1 heterocycles. The van der Waals surface area contributed by atoms with Crippen molar-refractivity contribution in [3.8, 4) is 0 Å². The first-order chi connectivity index (χ1) is 8.49. The Kier molecular flexibility index (Phi) is 3.37. The van der Waals surface area contributed by atoms with Gasteiger partial charge in [-0.3, -0.25) is 0 Å². The lowest BCUT2D eigenvalue weighted by Gasteiger charge is -2.10. The summed E-state index contributed by atoms with van der Waals surface area (Å²) in [7, 11) is 0. The SMILES string of the molecule is Nc1ncnc(Nc2c(F)cc(F)cc2F)c1Br. The number of aromatic nitrogens is 2. The van der Waals surface area contributed by atoms with Crippen LogP contribution in [0.15, 0.2) is 22.9 Å². The number of nitrogens with one attached hydrogen (secondary N) is 1. The molecule has 0 spiro atoms. The third-order valence-corrected chi connectivity index (χ3v) is 2.85. The van der Waals surface area contributed by atoms with E-state index in [-0.39, 0.29) is 16.1 Å². The molecule has 0 bridgehead atoms. The van der Waals surface area contributed by atoms with Crippen LogP contribution < -0.4 is 11.1 Å². The van der Waals surface area contributed by atoms with Gasteiger partial charge in [0.25, 0.3) is 0 Å². The van der Waals surface area contributed by atoms with E-state index in [1.165, 1.54) is 0 Å². The highest BCUT2D eigenvalue weighted by molar-refractivity contribution is 9.10. The smallest absolute Gasteiger partial charge is 0.152 e. The van der Waals surface area contributed by atoms with Crippen molar-refractivity contribution in [2.24, 2.45) is 0 Å². The fraction of sp³-hybridized carbons (Fsp3) is 0. The van der Waals surface area contributed by atoms with Crippen molar-refractivity contribution in [2.75, 3.05) is 11.1 Å².